The summed E-state index contributed by atoms with van der Waals surface area (Å²) in [5, 5.41) is 11.0. The molecule has 0 aliphatic rings. The van der Waals surface area contributed by atoms with Gasteiger partial charge in [-0.2, -0.15) is 10.2 Å². The lowest BCUT2D eigenvalue weighted by molar-refractivity contribution is 0.0950. The van der Waals surface area contributed by atoms with Gasteiger partial charge in [-0.15, -0.1) is 0 Å². The van der Waals surface area contributed by atoms with Gasteiger partial charge in [-0.25, -0.2) is 5.43 Å². The first kappa shape index (κ1) is 21.9. The summed E-state index contributed by atoms with van der Waals surface area (Å²) in [5.74, 6) is 0.906. The largest absolute Gasteiger partial charge is 0.497 e. The molecule has 8 nitrogen and oxygen atoms in total. The second kappa shape index (κ2) is 10.3. The van der Waals surface area contributed by atoms with Crippen molar-refractivity contribution in [2.75, 3.05) is 32.2 Å². The summed E-state index contributed by atoms with van der Waals surface area (Å²) in [6, 6.07) is 15.0. The van der Waals surface area contributed by atoms with Gasteiger partial charge in [0.25, 0.3) is 5.91 Å². The molecule has 3 rings (SSSR count). The Balaban J connectivity index is 1.67. The van der Waals surface area contributed by atoms with Crippen LogP contribution in [0.15, 0.2) is 53.6 Å². The molecule has 0 atom stereocenters. The number of aromatic amines is 1. The third-order valence-corrected chi connectivity index (χ3v) is 4.91. The van der Waals surface area contributed by atoms with Crippen LogP contribution in [0.1, 0.15) is 29.9 Å². The van der Waals surface area contributed by atoms with Gasteiger partial charge >= 0.3 is 0 Å². The Morgan fingerprint density at radius 1 is 1.10 bits per heavy atom. The molecule has 2 aromatic carbocycles. The van der Waals surface area contributed by atoms with Crippen LogP contribution in [-0.2, 0) is 0 Å². The number of anilines is 1. The predicted molar refractivity (Wildman–Crippen MR) is 122 cm³/mol. The Labute approximate surface area is 181 Å². The van der Waals surface area contributed by atoms with Crippen LogP contribution in [0.3, 0.4) is 0 Å². The zero-order chi connectivity index (χ0) is 22.2. The molecule has 0 saturated carbocycles. The molecule has 0 radical (unpaired) electrons. The minimum Gasteiger partial charge on any atom is -0.497 e. The van der Waals surface area contributed by atoms with Gasteiger partial charge < -0.3 is 14.4 Å². The fourth-order valence-corrected chi connectivity index (χ4v) is 3.18. The Morgan fingerprint density at radius 3 is 2.48 bits per heavy atom. The van der Waals surface area contributed by atoms with Gasteiger partial charge in [0, 0.05) is 24.3 Å². The zero-order valence-corrected chi connectivity index (χ0v) is 18.2. The maximum atomic E-state index is 12.4. The molecule has 0 aliphatic heterocycles. The summed E-state index contributed by atoms with van der Waals surface area (Å²) >= 11 is 0. The van der Waals surface area contributed by atoms with Gasteiger partial charge in [0.05, 0.1) is 26.1 Å². The quantitative estimate of drug-likeness (QED) is 0.406. The molecule has 1 aromatic heterocycles. The van der Waals surface area contributed by atoms with E-state index in [1.165, 1.54) is 0 Å². The van der Waals surface area contributed by atoms with Crippen molar-refractivity contribution < 1.29 is 14.3 Å². The van der Waals surface area contributed by atoms with E-state index >= 15 is 0 Å². The lowest BCUT2D eigenvalue weighted by atomic mass is 10.1. The summed E-state index contributed by atoms with van der Waals surface area (Å²) < 4.78 is 10.6. The highest BCUT2D eigenvalue weighted by atomic mass is 16.5. The van der Waals surface area contributed by atoms with E-state index < -0.39 is 5.91 Å². The summed E-state index contributed by atoms with van der Waals surface area (Å²) in [4.78, 5) is 14.7. The molecule has 0 unspecified atom stereocenters. The molecule has 0 aliphatic carbocycles. The fraction of sp³-hybridized carbons (Fsp3) is 0.261. The molecule has 0 spiro atoms. The number of hydrogen-bond acceptors (Lipinski definition) is 6. The van der Waals surface area contributed by atoms with E-state index in [1.807, 2.05) is 24.3 Å². The topological polar surface area (TPSA) is 91.8 Å². The SMILES string of the molecule is CCN(CC)c1ccc(C=NNC(=O)c2cc(-c3cc(OC)ccc3OC)n[nH]2)cc1. The van der Waals surface area contributed by atoms with Crippen molar-refractivity contribution >= 4 is 17.8 Å². The van der Waals surface area contributed by atoms with Crippen LogP contribution in [0.4, 0.5) is 5.69 Å². The second-order valence-corrected chi connectivity index (χ2v) is 6.70. The Morgan fingerprint density at radius 2 is 1.84 bits per heavy atom. The number of aromatic nitrogens is 2. The molecule has 2 N–H and O–H groups in total. The Kier molecular flexibility index (Phi) is 7.26. The van der Waals surface area contributed by atoms with Crippen LogP contribution >= 0.6 is 0 Å². The Bertz CT molecular complexity index is 1040. The number of hydrogen-bond donors (Lipinski definition) is 2. The van der Waals surface area contributed by atoms with Gasteiger partial charge in [0.15, 0.2) is 0 Å². The minimum absolute atomic E-state index is 0.286. The molecule has 8 heteroatoms. The number of hydrazone groups is 1. The van der Waals surface area contributed by atoms with Gasteiger partial charge in [-0.1, -0.05) is 12.1 Å². The normalized spacial score (nSPS) is 10.8. The van der Waals surface area contributed by atoms with Gasteiger partial charge in [0.2, 0.25) is 0 Å². The molecule has 0 bridgehead atoms. The third-order valence-electron chi connectivity index (χ3n) is 4.91. The van der Waals surface area contributed by atoms with Crippen molar-refractivity contribution in [3.8, 4) is 22.8 Å². The molecular formula is C23H27N5O3. The third kappa shape index (κ3) is 5.22. The van der Waals surface area contributed by atoms with E-state index in [-0.39, 0.29) is 5.69 Å². The highest BCUT2D eigenvalue weighted by Crippen LogP contribution is 2.32. The Hall–Kier alpha value is -3.81. The standard InChI is InChI=1S/C23H27N5O3/c1-5-28(6-2)17-9-7-16(8-10-17)15-24-27-23(29)21-14-20(25-26-21)19-13-18(30-3)11-12-22(19)31-4/h7-15H,5-6H2,1-4H3,(H,25,26)(H,27,29). The van der Waals surface area contributed by atoms with Crippen LogP contribution in [0, 0.1) is 0 Å². The molecule has 3 aromatic rings. The maximum Gasteiger partial charge on any atom is 0.289 e. The maximum absolute atomic E-state index is 12.4. The smallest absolute Gasteiger partial charge is 0.289 e. The van der Waals surface area contributed by atoms with Crippen molar-refractivity contribution in [3.63, 3.8) is 0 Å². The minimum atomic E-state index is -0.392. The monoisotopic (exact) mass is 421 g/mol. The summed E-state index contributed by atoms with van der Waals surface area (Å²) in [6.07, 6.45) is 1.60. The van der Waals surface area contributed by atoms with Crippen molar-refractivity contribution in [3.05, 3.63) is 59.8 Å². The van der Waals surface area contributed by atoms with Crippen molar-refractivity contribution in [1.29, 1.82) is 0 Å². The summed E-state index contributed by atoms with van der Waals surface area (Å²) in [7, 11) is 3.17. The molecular weight excluding hydrogens is 394 g/mol. The van der Waals surface area contributed by atoms with E-state index in [1.54, 1.807) is 44.7 Å². The number of carbonyl (C=O) groups is 1. The summed E-state index contributed by atoms with van der Waals surface area (Å²) in [5.41, 5.74) is 6.13. The van der Waals surface area contributed by atoms with Gasteiger partial charge in [-0.05, 0) is 55.8 Å². The first-order valence-electron chi connectivity index (χ1n) is 10.1. The number of nitrogens with zero attached hydrogens (tertiary/aromatic N) is 3. The molecule has 0 fully saturated rings. The second-order valence-electron chi connectivity index (χ2n) is 6.70. The molecule has 162 valence electrons. The van der Waals surface area contributed by atoms with Gasteiger partial charge in [-0.3, -0.25) is 9.89 Å². The van der Waals surface area contributed by atoms with Gasteiger partial charge in [0.1, 0.15) is 17.2 Å². The number of carbonyl (C=O) groups excluding carboxylic acids is 1. The number of benzene rings is 2. The van der Waals surface area contributed by atoms with E-state index in [4.69, 9.17) is 9.47 Å². The number of ether oxygens (including phenoxy) is 2. The molecule has 0 saturated heterocycles. The fourth-order valence-electron chi connectivity index (χ4n) is 3.18. The van der Waals surface area contributed by atoms with Crippen LogP contribution < -0.4 is 19.8 Å². The van der Waals surface area contributed by atoms with Crippen LogP contribution in [0.5, 0.6) is 11.5 Å². The van der Waals surface area contributed by atoms with Crippen molar-refractivity contribution in [2.24, 2.45) is 5.10 Å². The lowest BCUT2D eigenvalue weighted by Gasteiger charge is -2.20. The highest BCUT2D eigenvalue weighted by Gasteiger charge is 2.14. The average molecular weight is 422 g/mol. The average Bonchev–Trinajstić information content (AvgIpc) is 3.30. The number of H-pyrrole nitrogens is 1. The van der Waals surface area contributed by atoms with Crippen LogP contribution in [-0.4, -0.2) is 49.6 Å². The van der Waals surface area contributed by atoms with Crippen molar-refractivity contribution in [1.82, 2.24) is 15.6 Å². The first-order valence-corrected chi connectivity index (χ1v) is 10.1. The van der Waals surface area contributed by atoms with E-state index in [9.17, 15) is 4.79 Å². The highest BCUT2D eigenvalue weighted by molar-refractivity contribution is 5.94. The summed E-state index contributed by atoms with van der Waals surface area (Å²) in [6.45, 7) is 6.15. The molecule has 1 amide bonds. The van der Waals surface area contributed by atoms with E-state index in [2.05, 4.69) is 39.5 Å². The lowest BCUT2D eigenvalue weighted by Crippen LogP contribution is -2.21. The number of nitrogens with one attached hydrogen (secondary N) is 2. The number of methoxy groups -OCH3 is 2. The molecule has 31 heavy (non-hydrogen) atoms. The van der Waals surface area contributed by atoms with Crippen LogP contribution in [0.2, 0.25) is 0 Å². The zero-order valence-electron chi connectivity index (χ0n) is 18.2. The van der Waals surface area contributed by atoms with E-state index in [0.29, 0.717) is 22.8 Å². The molecule has 1 heterocycles. The number of amides is 1. The van der Waals surface area contributed by atoms with Crippen LogP contribution in [0.25, 0.3) is 11.3 Å². The van der Waals surface area contributed by atoms with Crippen molar-refractivity contribution in [2.45, 2.75) is 13.8 Å². The van der Waals surface area contributed by atoms with E-state index in [0.717, 1.165) is 24.3 Å². The predicted octanol–water partition coefficient (Wildman–Crippen LogP) is 3.70. The number of rotatable bonds is 9. The first-order chi connectivity index (χ1) is 15.1.